The van der Waals surface area contributed by atoms with Gasteiger partial charge in [0.15, 0.2) is 0 Å². The van der Waals surface area contributed by atoms with Gasteiger partial charge in [-0.15, -0.1) is 11.3 Å². The molecular weight excluding hydrogens is 310 g/mol. The predicted molar refractivity (Wildman–Crippen MR) is 90.2 cm³/mol. The molecule has 2 amide bonds. The first-order valence-electron chi connectivity index (χ1n) is 8.12. The number of rotatable bonds is 5. The van der Waals surface area contributed by atoms with Crippen molar-refractivity contribution in [3.8, 4) is 6.07 Å². The molecule has 0 aromatic carbocycles. The molecule has 0 saturated carbocycles. The topological polar surface area (TPSA) is 73.2 Å². The number of carbonyl (C=O) groups excluding carboxylic acids is 2. The van der Waals surface area contributed by atoms with Crippen molar-refractivity contribution in [1.29, 1.82) is 5.26 Å². The van der Waals surface area contributed by atoms with Gasteiger partial charge < -0.3 is 10.2 Å². The Balaban J connectivity index is 2.18. The second-order valence-electron chi connectivity index (χ2n) is 6.11. The summed E-state index contributed by atoms with van der Waals surface area (Å²) in [5.74, 6) is -0.222. The van der Waals surface area contributed by atoms with Gasteiger partial charge in [-0.2, -0.15) is 5.26 Å². The van der Waals surface area contributed by atoms with Crippen molar-refractivity contribution in [3.63, 3.8) is 0 Å². The smallest absolute Gasteiger partial charge is 0.264 e. The number of hydrogen-bond acceptors (Lipinski definition) is 4. The summed E-state index contributed by atoms with van der Waals surface area (Å²) in [5, 5.41) is 13.6. The maximum Gasteiger partial charge on any atom is 0.264 e. The fourth-order valence-corrected chi connectivity index (χ4v) is 3.67. The second kappa shape index (κ2) is 7.60. The van der Waals surface area contributed by atoms with Gasteiger partial charge in [0, 0.05) is 18.5 Å². The molecule has 0 aliphatic carbocycles. The van der Waals surface area contributed by atoms with Crippen molar-refractivity contribution in [2.45, 2.75) is 51.5 Å². The molecule has 1 aromatic heterocycles. The summed E-state index contributed by atoms with van der Waals surface area (Å²) in [5.41, 5.74) is -0.315. The molecule has 6 heteroatoms. The minimum absolute atomic E-state index is 0.0731. The summed E-state index contributed by atoms with van der Waals surface area (Å²) in [6, 6.07) is 3.65. The Hall–Kier alpha value is -1.87. The summed E-state index contributed by atoms with van der Waals surface area (Å²) in [4.78, 5) is 27.7. The normalized spacial score (nSPS) is 20.8. The lowest BCUT2D eigenvalue weighted by Crippen LogP contribution is -2.60. The minimum Gasteiger partial charge on any atom is -0.354 e. The third-order valence-corrected chi connectivity index (χ3v) is 5.30. The van der Waals surface area contributed by atoms with E-state index in [1.807, 2.05) is 13.0 Å². The van der Waals surface area contributed by atoms with Crippen molar-refractivity contribution in [2.75, 3.05) is 13.1 Å². The third-order valence-electron chi connectivity index (χ3n) is 4.38. The zero-order valence-electron chi connectivity index (χ0n) is 13.7. The number of thiophene rings is 1. The Kier molecular flexibility index (Phi) is 5.78. The maximum atomic E-state index is 12.8. The predicted octanol–water partition coefficient (Wildman–Crippen LogP) is 2.92. The Morgan fingerprint density at radius 1 is 1.48 bits per heavy atom. The molecule has 2 heterocycles. The molecule has 1 atom stereocenters. The summed E-state index contributed by atoms with van der Waals surface area (Å²) in [7, 11) is 0. The molecule has 23 heavy (non-hydrogen) atoms. The van der Waals surface area contributed by atoms with E-state index in [9.17, 15) is 9.59 Å². The van der Waals surface area contributed by atoms with Crippen molar-refractivity contribution < 1.29 is 9.59 Å². The number of amides is 2. The molecule has 1 aromatic rings. The first-order valence-corrected chi connectivity index (χ1v) is 9.00. The molecule has 124 valence electrons. The Morgan fingerprint density at radius 3 is 2.91 bits per heavy atom. The van der Waals surface area contributed by atoms with Gasteiger partial charge in [-0.05, 0) is 38.7 Å². The number of piperidine rings is 1. The monoisotopic (exact) mass is 333 g/mol. The van der Waals surface area contributed by atoms with Gasteiger partial charge in [-0.1, -0.05) is 13.3 Å². The Bertz CT molecular complexity index is 620. The van der Waals surface area contributed by atoms with E-state index in [2.05, 4.69) is 12.2 Å². The van der Waals surface area contributed by atoms with Crippen LogP contribution in [0.2, 0.25) is 0 Å². The lowest BCUT2D eigenvalue weighted by molar-refractivity contribution is -0.133. The van der Waals surface area contributed by atoms with Gasteiger partial charge in [-0.3, -0.25) is 9.59 Å². The zero-order chi connectivity index (χ0) is 16.9. The van der Waals surface area contributed by atoms with E-state index in [1.54, 1.807) is 16.3 Å². The van der Waals surface area contributed by atoms with Gasteiger partial charge >= 0.3 is 0 Å². The average Bonchev–Trinajstić information content (AvgIpc) is 3.04. The number of likely N-dealkylation sites (tertiary alicyclic amines) is 1. The van der Waals surface area contributed by atoms with Crippen molar-refractivity contribution >= 4 is 23.2 Å². The lowest BCUT2D eigenvalue weighted by Gasteiger charge is -2.43. The quantitative estimate of drug-likeness (QED) is 0.842. The molecule has 0 bridgehead atoms. The number of nitriles is 1. The van der Waals surface area contributed by atoms with Crippen LogP contribution in [0.5, 0.6) is 0 Å². The van der Waals surface area contributed by atoms with Gasteiger partial charge in [-0.25, -0.2) is 0 Å². The second-order valence-corrected chi connectivity index (χ2v) is 7.02. The molecule has 1 saturated heterocycles. The summed E-state index contributed by atoms with van der Waals surface area (Å²) in [6.07, 6.45) is 4.47. The standard InChI is InChI=1S/C17H23N3O2S/c1-3-4-8-19-16(22)17(2)7-5-6-9-20(17)15(21)14-10-13(11-18)12-23-14/h10,12H,3-9H2,1-2H3,(H,19,22). The van der Waals surface area contributed by atoms with Gasteiger partial charge in [0.05, 0.1) is 10.4 Å². The van der Waals surface area contributed by atoms with E-state index >= 15 is 0 Å². The largest absolute Gasteiger partial charge is 0.354 e. The highest BCUT2D eigenvalue weighted by Gasteiger charge is 2.44. The van der Waals surface area contributed by atoms with Gasteiger partial charge in [0.2, 0.25) is 5.91 Å². The molecule has 1 fully saturated rings. The lowest BCUT2D eigenvalue weighted by atomic mass is 9.87. The molecule has 1 N–H and O–H groups in total. The number of unbranched alkanes of at least 4 members (excludes halogenated alkanes) is 1. The van der Waals surface area contributed by atoms with Crippen molar-refractivity contribution in [3.05, 3.63) is 21.9 Å². The molecule has 2 rings (SSSR count). The average molecular weight is 333 g/mol. The number of hydrogen-bond donors (Lipinski definition) is 1. The number of carbonyl (C=O) groups is 2. The molecule has 0 radical (unpaired) electrons. The molecule has 0 spiro atoms. The Labute approximate surface area is 141 Å². The van der Waals surface area contributed by atoms with Crippen LogP contribution in [0.4, 0.5) is 0 Å². The number of nitrogens with zero attached hydrogens (tertiary/aromatic N) is 2. The maximum absolute atomic E-state index is 12.8. The highest BCUT2D eigenvalue weighted by molar-refractivity contribution is 7.12. The SMILES string of the molecule is CCCCNC(=O)C1(C)CCCCN1C(=O)c1cc(C#N)cs1. The fourth-order valence-electron chi connectivity index (χ4n) is 2.89. The van der Waals surface area contributed by atoms with Crippen LogP contribution in [0.3, 0.4) is 0 Å². The van der Waals surface area contributed by atoms with E-state index in [0.29, 0.717) is 30.0 Å². The van der Waals surface area contributed by atoms with Crippen LogP contribution < -0.4 is 5.32 Å². The third kappa shape index (κ3) is 3.73. The van der Waals surface area contributed by atoms with Crippen LogP contribution in [-0.4, -0.2) is 35.3 Å². The van der Waals surface area contributed by atoms with E-state index in [4.69, 9.17) is 5.26 Å². The summed E-state index contributed by atoms with van der Waals surface area (Å²) < 4.78 is 0. The highest BCUT2D eigenvalue weighted by Crippen LogP contribution is 2.31. The first kappa shape index (κ1) is 17.5. The van der Waals surface area contributed by atoms with Gasteiger partial charge in [0.25, 0.3) is 5.91 Å². The molecule has 1 unspecified atom stereocenters. The highest BCUT2D eigenvalue weighted by atomic mass is 32.1. The molecular formula is C17H23N3O2S. The van der Waals surface area contributed by atoms with E-state index in [0.717, 1.165) is 25.7 Å². The number of nitrogens with one attached hydrogen (secondary N) is 1. The molecule has 1 aliphatic rings. The van der Waals surface area contributed by atoms with Crippen molar-refractivity contribution in [1.82, 2.24) is 10.2 Å². The summed E-state index contributed by atoms with van der Waals surface area (Å²) in [6.45, 7) is 5.15. The van der Waals surface area contributed by atoms with Gasteiger partial charge in [0.1, 0.15) is 11.6 Å². The Morgan fingerprint density at radius 2 is 2.26 bits per heavy atom. The fraction of sp³-hybridized carbons (Fsp3) is 0.588. The molecule has 1 aliphatic heterocycles. The van der Waals surface area contributed by atoms with Crippen molar-refractivity contribution in [2.24, 2.45) is 0 Å². The van der Waals surface area contributed by atoms with Crippen LogP contribution in [-0.2, 0) is 4.79 Å². The molecule has 5 nitrogen and oxygen atoms in total. The van der Waals surface area contributed by atoms with E-state index in [-0.39, 0.29) is 11.8 Å². The summed E-state index contributed by atoms with van der Waals surface area (Å²) >= 11 is 1.26. The minimum atomic E-state index is -0.806. The van der Waals surface area contributed by atoms with Crippen LogP contribution in [0.25, 0.3) is 0 Å². The van der Waals surface area contributed by atoms with E-state index in [1.165, 1.54) is 11.3 Å². The zero-order valence-corrected chi connectivity index (χ0v) is 14.5. The van der Waals surface area contributed by atoms with Crippen LogP contribution in [0.1, 0.15) is 61.2 Å². The van der Waals surface area contributed by atoms with Crippen LogP contribution in [0, 0.1) is 11.3 Å². The van der Waals surface area contributed by atoms with E-state index < -0.39 is 5.54 Å². The first-order chi connectivity index (χ1) is 11.0. The van der Waals surface area contributed by atoms with Crippen LogP contribution >= 0.6 is 11.3 Å². The van der Waals surface area contributed by atoms with Crippen LogP contribution in [0.15, 0.2) is 11.4 Å².